The number of nitrogens with zero attached hydrogens (tertiary/aromatic N) is 3. The van der Waals surface area contributed by atoms with Gasteiger partial charge in [-0.3, -0.25) is 5.43 Å². The van der Waals surface area contributed by atoms with Crippen LogP contribution in [0.2, 0.25) is 0 Å². The van der Waals surface area contributed by atoms with Crippen LogP contribution in [0.5, 0.6) is 11.5 Å². The van der Waals surface area contributed by atoms with Crippen molar-refractivity contribution in [3.8, 4) is 11.5 Å². The third-order valence-corrected chi connectivity index (χ3v) is 7.13. The molecule has 1 saturated carbocycles. The summed E-state index contributed by atoms with van der Waals surface area (Å²) in [5.74, 6) is 1.61. The summed E-state index contributed by atoms with van der Waals surface area (Å²) in [5.41, 5.74) is 9.13. The van der Waals surface area contributed by atoms with Crippen LogP contribution in [-0.4, -0.2) is 69.4 Å². The minimum Gasteiger partial charge on any atom is -0.493 e. The van der Waals surface area contributed by atoms with Gasteiger partial charge >= 0.3 is 0 Å². The lowest BCUT2D eigenvalue weighted by molar-refractivity contribution is 0.120. The molecule has 32 heavy (non-hydrogen) atoms. The van der Waals surface area contributed by atoms with Crippen LogP contribution in [0.1, 0.15) is 42.5 Å². The first-order valence-corrected chi connectivity index (χ1v) is 11.9. The van der Waals surface area contributed by atoms with E-state index < -0.39 is 0 Å². The Kier molecular flexibility index (Phi) is 6.01. The number of rotatable bonds is 5. The number of piperazine rings is 1. The highest BCUT2D eigenvalue weighted by Gasteiger charge is 2.39. The maximum absolute atomic E-state index is 5.70. The molecule has 3 aliphatic rings. The summed E-state index contributed by atoms with van der Waals surface area (Å²) in [5, 5.41) is 2.51. The summed E-state index contributed by atoms with van der Waals surface area (Å²) >= 11 is 0. The molecule has 1 aliphatic carbocycles. The van der Waals surface area contributed by atoms with Gasteiger partial charge in [0, 0.05) is 44.0 Å². The summed E-state index contributed by atoms with van der Waals surface area (Å²) < 4.78 is 11.3. The summed E-state index contributed by atoms with van der Waals surface area (Å²) in [4.78, 5) is 4.90. The molecule has 6 heteroatoms. The maximum atomic E-state index is 5.70. The molecule has 2 fully saturated rings. The minimum atomic E-state index is 0.156. The molecule has 2 heterocycles. The molecule has 172 valence electrons. The zero-order valence-corrected chi connectivity index (χ0v) is 19.8. The van der Waals surface area contributed by atoms with Gasteiger partial charge in [-0.1, -0.05) is 12.1 Å². The molecular formula is C26H36N4O2. The van der Waals surface area contributed by atoms with Crippen LogP contribution in [-0.2, 0) is 6.42 Å². The predicted octanol–water partition coefficient (Wildman–Crippen LogP) is 3.46. The maximum Gasteiger partial charge on any atom is 0.161 e. The first-order valence-electron chi connectivity index (χ1n) is 11.9. The van der Waals surface area contributed by atoms with E-state index in [0.29, 0.717) is 12.1 Å². The highest BCUT2D eigenvalue weighted by Crippen LogP contribution is 2.43. The first-order chi connectivity index (χ1) is 15.6. The molecular weight excluding hydrogens is 400 g/mol. The van der Waals surface area contributed by atoms with Crippen molar-refractivity contribution in [2.75, 3.05) is 52.3 Å². The van der Waals surface area contributed by atoms with Crippen LogP contribution < -0.4 is 19.8 Å². The van der Waals surface area contributed by atoms with E-state index >= 15 is 0 Å². The van der Waals surface area contributed by atoms with E-state index in [1.807, 2.05) is 0 Å². The van der Waals surface area contributed by atoms with Gasteiger partial charge in [-0.25, -0.2) is 5.01 Å². The van der Waals surface area contributed by atoms with Crippen molar-refractivity contribution >= 4 is 5.69 Å². The van der Waals surface area contributed by atoms with E-state index in [1.54, 1.807) is 14.2 Å². The van der Waals surface area contributed by atoms with Crippen molar-refractivity contribution in [2.24, 2.45) is 0 Å². The highest BCUT2D eigenvalue weighted by molar-refractivity contribution is 5.53. The third kappa shape index (κ3) is 4.19. The van der Waals surface area contributed by atoms with E-state index in [4.69, 9.17) is 9.47 Å². The predicted molar refractivity (Wildman–Crippen MR) is 129 cm³/mol. The van der Waals surface area contributed by atoms with E-state index in [1.165, 1.54) is 35.2 Å². The zero-order chi connectivity index (χ0) is 22.2. The molecule has 0 amide bonds. The van der Waals surface area contributed by atoms with Crippen molar-refractivity contribution in [3.63, 3.8) is 0 Å². The van der Waals surface area contributed by atoms with Crippen LogP contribution >= 0.6 is 0 Å². The smallest absolute Gasteiger partial charge is 0.161 e. The Morgan fingerprint density at radius 3 is 2.19 bits per heavy atom. The number of hydrazine groups is 1. The number of hydrogen-bond acceptors (Lipinski definition) is 6. The number of methoxy groups -OCH3 is 2. The van der Waals surface area contributed by atoms with Gasteiger partial charge < -0.3 is 19.3 Å². The number of ether oxygens (including phenoxy) is 2. The average Bonchev–Trinajstić information content (AvgIpc) is 3.66. The molecule has 5 rings (SSSR count). The Morgan fingerprint density at radius 1 is 0.906 bits per heavy atom. The first kappa shape index (κ1) is 21.6. The van der Waals surface area contributed by atoms with Crippen LogP contribution in [0.4, 0.5) is 5.69 Å². The molecule has 0 bridgehead atoms. The quantitative estimate of drug-likeness (QED) is 0.774. The molecule has 0 spiro atoms. The largest absolute Gasteiger partial charge is 0.493 e. The molecule has 0 aromatic heterocycles. The lowest BCUT2D eigenvalue weighted by Gasteiger charge is -2.35. The summed E-state index contributed by atoms with van der Waals surface area (Å²) in [6, 6.07) is 14.7. The Bertz CT molecular complexity index is 936. The third-order valence-electron chi connectivity index (χ3n) is 7.13. The Hall–Kier alpha value is -2.28. The van der Waals surface area contributed by atoms with Gasteiger partial charge in [-0.15, -0.1) is 0 Å². The van der Waals surface area contributed by atoms with Crippen molar-refractivity contribution in [2.45, 2.75) is 44.3 Å². The van der Waals surface area contributed by atoms with Crippen molar-refractivity contribution in [1.82, 2.24) is 15.3 Å². The summed E-state index contributed by atoms with van der Waals surface area (Å²) in [7, 11) is 5.64. The summed E-state index contributed by atoms with van der Waals surface area (Å²) in [6.45, 7) is 6.70. The number of anilines is 1. The number of hydrogen-bond donors (Lipinski definition) is 1. The highest BCUT2D eigenvalue weighted by atomic mass is 16.5. The van der Waals surface area contributed by atoms with Crippen LogP contribution in [0, 0.1) is 0 Å². The fourth-order valence-electron chi connectivity index (χ4n) is 5.16. The van der Waals surface area contributed by atoms with E-state index in [2.05, 4.69) is 70.6 Å². The van der Waals surface area contributed by atoms with Crippen LogP contribution in [0.25, 0.3) is 0 Å². The second kappa shape index (κ2) is 8.93. The molecule has 1 N–H and O–H groups in total. The van der Waals surface area contributed by atoms with Gasteiger partial charge in [-0.05, 0) is 74.2 Å². The van der Waals surface area contributed by atoms with Crippen LogP contribution in [0.15, 0.2) is 36.4 Å². The average molecular weight is 437 g/mol. The number of nitrogens with one attached hydrogen (secondary N) is 1. The zero-order valence-electron chi connectivity index (χ0n) is 19.8. The van der Waals surface area contributed by atoms with Gasteiger partial charge in [0.2, 0.25) is 0 Å². The molecule has 6 nitrogen and oxygen atoms in total. The minimum absolute atomic E-state index is 0.156. The molecule has 1 saturated heterocycles. The monoisotopic (exact) mass is 436 g/mol. The standard InChI is InChI=1S/C26H36N4O2/c1-18-15-20-16-24(31-3)25(32-4)17-23(20)26(30(27-18)22-9-10-22)19-5-7-21(8-6-19)29-13-11-28(2)12-14-29/h5-8,16-18,22,26-27H,9-15H2,1-4H3. The second-order valence-electron chi connectivity index (χ2n) is 9.56. The lowest BCUT2D eigenvalue weighted by Crippen LogP contribution is -2.46. The van der Waals surface area contributed by atoms with Crippen molar-refractivity contribution < 1.29 is 9.47 Å². The topological polar surface area (TPSA) is 40.2 Å². The molecule has 2 unspecified atom stereocenters. The fourth-order valence-corrected chi connectivity index (χ4v) is 5.16. The number of fused-ring (bicyclic) bond motifs is 1. The van der Waals surface area contributed by atoms with E-state index in [0.717, 1.165) is 44.1 Å². The Labute approximate surface area is 192 Å². The van der Waals surface area contributed by atoms with Gasteiger partial charge in [0.05, 0.1) is 20.3 Å². The van der Waals surface area contributed by atoms with Gasteiger partial charge in [0.25, 0.3) is 0 Å². The SMILES string of the molecule is COc1cc2c(cc1OC)C(c1ccc(N3CCN(C)CC3)cc1)N(C1CC1)NC(C)C2. The normalized spacial score (nSPS) is 24.7. The molecule has 2 aromatic rings. The van der Waals surface area contributed by atoms with Crippen molar-refractivity contribution in [3.05, 3.63) is 53.1 Å². The van der Waals surface area contributed by atoms with Gasteiger partial charge in [0.15, 0.2) is 11.5 Å². The van der Waals surface area contributed by atoms with Gasteiger partial charge in [0.1, 0.15) is 0 Å². The Morgan fingerprint density at radius 2 is 1.56 bits per heavy atom. The summed E-state index contributed by atoms with van der Waals surface area (Å²) in [6.07, 6.45) is 3.46. The fraction of sp³-hybridized carbons (Fsp3) is 0.538. The van der Waals surface area contributed by atoms with E-state index in [9.17, 15) is 0 Å². The Balaban J connectivity index is 1.53. The van der Waals surface area contributed by atoms with Gasteiger partial charge in [-0.2, -0.15) is 0 Å². The van der Waals surface area contributed by atoms with Crippen LogP contribution in [0.3, 0.4) is 0 Å². The molecule has 2 atom stereocenters. The number of likely N-dealkylation sites (N-methyl/N-ethyl adjacent to an activating group) is 1. The lowest BCUT2D eigenvalue weighted by atomic mass is 9.91. The second-order valence-corrected chi connectivity index (χ2v) is 9.56. The molecule has 0 radical (unpaired) electrons. The van der Waals surface area contributed by atoms with E-state index in [-0.39, 0.29) is 6.04 Å². The molecule has 2 aliphatic heterocycles. The van der Waals surface area contributed by atoms with Crippen molar-refractivity contribution in [1.29, 1.82) is 0 Å². The molecule has 2 aromatic carbocycles. The number of benzene rings is 2.